The fourth-order valence-electron chi connectivity index (χ4n) is 2.12. The van der Waals surface area contributed by atoms with Crippen molar-refractivity contribution in [2.45, 2.75) is 20.4 Å². The summed E-state index contributed by atoms with van der Waals surface area (Å²) in [6, 6.07) is 14.3. The highest BCUT2D eigenvalue weighted by Crippen LogP contribution is 2.19. The Labute approximate surface area is 126 Å². The first-order valence-electron chi connectivity index (χ1n) is 7.25. The van der Waals surface area contributed by atoms with Crippen molar-refractivity contribution in [2.24, 2.45) is 0 Å². The van der Waals surface area contributed by atoms with Gasteiger partial charge in [0.25, 0.3) is 0 Å². The quantitative estimate of drug-likeness (QED) is 0.790. The van der Waals surface area contributed by atoms with Gasteiger partial charge in [0.1, 0.15) is 24.7 Å². The van der Waals surface area contributed by atoms with E-state index in [2.05, 4.69) is 49.5 Å². The van der Waals surface area contributed by atoms with Crippen LogP contribution in [-0.4, -0.2) is 20.3 Å². The van der Waals surface area contributed by atoms with Crippen LogP contribution >= 0.6 is 0 Å². The van der Waals surface area contributed by atoms with E-state index in [4.69, 9.17) is 9.47 Å². The van der Waals surface area contributed by atoms with E-state index in [-0.39, 0.29) is 0 Å². The van der Waals surface area contributed by atoms with E-state index in [1.165, 1.54) is 11.1 Å². The van der Waals surface area contributed by atoms with Crippen molar-refractivity contribution >= 4 is 0 Å². The first kappa shape index (κ1) is 15.4. The zero-order chi connectivity index (χ0) is 15.1. The lowest BCUT2D eigenvalue weighted by atomic mass is 10.1. The van der Waals surface area contributed by atoms with Crippen LogP contribution in [-0.2, 0) is 6.54 Å². The molecule has 21 heavy (non-hydrogen) atoms. The van der Waals surface area contributed by atoms with Gasteiger partial charge in [0.2, 0.25) is 0 Å². The second-order valence-corrected chi connectivity index (χ2v) is 5.14. The van der Waals surface area contributed by atoms with Crippen molar-refractivity contribution in [2.75, 3.05) is 20.3 Å². The molecule has 0 saturated heterocycles. The van der Waals surface area contributed by atoms with Crippen LogP contribution in [0.3, 0.4) is 0 Å². The molecule has 0 heterocycles. The van der Waals surface area contributed by atoms with Crippen molar-refractivity contribution in [3.8, 4) is 11.5 Å². The number of hydrogen-bond acceptors (Lipinski definition) is 3. The minimum absolute atomic E-state index is 0.538. The first-order chi connectivity index (χ1) is 10.2. The molecule has 2 aromatic carbocycles. The average Bonchev–Trinajstić information content (AvgIpc) is 2.48. The molecule has 0 aliphatic heterocycles. The van der Waals surface area contributed by atoms with Crippen molar-refractivity contribution in [3.05, 3.63) is 59.2 Å². The van der Waals surface area contributed by atoms with Crippen molar-refractivity contribution in [1.29, 1.82) is 0 Å². The van der Waals surface area contributed by atoms with E-state index < -0.39 is 0 Å². The van der Waals surface area contributed by atoms with Gasteiger partial charge in [-0.2, -0.15) is 0 Å². The topological polar surface area (TPSA) is 30.5 Å². The fourth-order valence-corrected chi connectivity index (χ4v) is 2.12. The Hall–Kier alpha value is -2.00. The van der Waals surface area contributed by atoms with Crippen LogP contribution < -0.4 is 14.8 Å². The van der Waals surface area contributed by atoms with Gasteiger partial charge < -0.3 is 14.8 Å². The summed E-state index contributed by atoms with van der Waals surface area (Å²) in [4.78, 5) is 0. The molecule has 0 atom stereocenters. The molecule has 0 spiro atoms. The van der Waals surface area contributed by atoms with Crippen LogP contribution in [0.2, 0.25) is 0 Å². The van der Waals surface area contributed by atoms with Gasteiger partial charge in [-0.3, -0.25) is 0 Å². The Morgan fingerprint density at radius 2 is 1.76 bits per heavy atom. The molecule has 2 rings (SSSR count). The monoisotopic (exact) mass is 285 g/mol. The van der Waals surface area contributed by atoms with Crippen LogP contribution in [0.1, 0.15) is 16.7 Å². The number of rotatable bonds is 7. The molecule has 0 unspecified atom stereocenters. The summed E-state index contributed by atoms with van der Waals surface area (Å²) in [5.41, 5.74) is 3.57. The third-order valence-corrected chi connectivity index (χ3v) is 3.23. The second kappa shape index (κ2) is 7.70. The smallest absolute Gasteiger partial charge is 0.122 e. The molecule has 0 aliphatic rings. The average molecular weight is 285 g/mol. The SMILES string of the molecule is CNCc1cccc(OCCOc2cc(C)ccc2C)c1. The second-order valence-electron chi connectivity index (χ2n) is 5.14. The van der Waals surface area contributed by atoms with Gasteiger partial charge in [-0.15, -0.1) is 0 Å². The van der Waals surface area contributed by atoms with Crippen molar-refractivity contribution in [1.82, 2.24) is 5.32 Å². The molecule has 112 valence electrons. The molecule has 3 nitrogen and oxygen atoms in total. The number of benzene rings is 2. The third-order valence-electron chi connectivity index (χ3n) is 3.23. The summed E-state index contributed by atoms with van der Waals surface area (Å²) in [6.45, 7) is 6.04. The fraction of sp³-hybridized carbons (Fsp3) is 0.333. The molecule has 0 fully saturated rings. The third kappa shape index (κ3) is 4.80. The van der Waals surface area contributed by atoms with Crippen molar-refractivity contribution < 1.29 is 9.47 Å². The van der Waals surface area contributed by atoms with Gasteiger partial charge in [-0.1, -0.05) is 24.3 Å². The first-order valence-corrected chi connectivity index (χ1v) is 7.25. The minimum Gasteiger partial charge on any atom is -0.490 e. The van der Waals surface area contributed by atoms with Gasteiger partial charge in [-0.25, -0.2) is 0 Å². The summed E-state index contributed by atoms with van der Waals surface area (Å²) < 4.78 is 11.5. The molecule has 0 amide bonds. The predicted octanol–water partition coefficient (Wildman–Crippen LogP) is 3.48. The minimum atomic E-state index is 0.538. The maximum Gasteiger partial charge on any atom is 0.122 e. The Bertz CT molecular complexity index is 581. The van der Waals surface area contributed by atoms with E-state index in [1.807, 2.05) is 19.2 Å². The summed E-state index contributed by atoms with van der Waals surface area (Å²) in [5.74, 6) is 1.81. The van der Waals surface area contributed by atoms with E-state index >= 15 is 0 Å². The van der Waals surface area contributed by atoms with Gasteiger partial charge in [0, 0.05) is 6.54 Å². The molecule has 0 radical (unpaired) electrons. The number of aryl methyl sites for hydroxylation is 2. The Kier molecular flexibility index (Phi) is 5.64. The Balaban J connectivity index is 1.81. The van der Waals surface area contributed by atoms with Gasteiger partial charge in [0.15, 0.2) is 0 Å². The summed E-state index contributed by atoms with van der Waals surface area (Å²) in [7, 11) is 1.94. The summed E-state index contributed by atoms with van der Waals surface area (Å²) in [6.07, 6.45) is 0. The van der Waals surface area contributed by atoms with Crippen molar-refractivity contribution in [3.63, 3.8) is 0 Å². The highest BCUT2D eigenvalue weighted by Gasteiger charge is 2.01. The summed E-state index contributed by atoms with van der Waals surface area (Å²) in [5, 5.41) is 3.13. The lowest BCUT2D eigenvalue weighted by Crippen LogP contribution is -2.10. The predicted molar refractivity (Wildman–Crippen MR) is 86.1 cm³/mol. The van der Waals surface area contributed by atoms with Crippen LogP contribution in [0.4, 0.5) is 0 Å². The molecular weight excluding hydrogens is 262 g/mol. The van der Waals surface area contributed by atoms with Gasteiger partial charge >= 0.3 is 0 Å². The molecular formula is C18H23NO2. The lowest BCUT2D eigenvalue weighted by molar-refractivity contribution is 0.216. The molecule has 2 aromatic rings. The van der Waals surface area contributed by atoms with Gasteiger partial charge in [0.05, 0.1) is 0 Å². The van der Waals surface area contributed by atoms with E-state index in [0.717, 1.165) is 23.6 Å². The van der Waals surface area contributed by atoms with Crippen LogP contribution in [0.5, 0.6) is 11.5 Å². The largest absolute Gasteiger partial charge is 0.490 e. The number of ether oxygens (including phenoxy) is 2. The van der Waals surface area contributed by atoms with E-state index in [1.54, 1.807) is 0 Å². The maximum atomic E-state index is 5.78. The standard InChI is InChI=1S/C18H23NO2/c1-14-7-8-15(2)18(11-14)21-10-9-20-17-6-4-5-16(12-17)13-19-3/h4-8,11-12,19H,9-10,13H2,1-3H3. The Morgan fingerprint density at radius 3 is 2.57 bits per heavy atom. The van der Waals surface area contributed by atoms with Crippen LogP contribution in [0, 0.1) is 13.8 Å². The molecule has 1 N–H and O–H groups in total. The zero-order valence-electron chi connectivity index (χ0n) is 13.0. The molecule has 0 saturated carbocycles. The summed E-state index contributed by atoms with van der Waals surface area (Å²) >= 11 is 0. The molecule has 3 heteroatoms. The highest BCUT2D eigenvalue weighted by molar-refractivity contribution is 5.36. The molecule has 0 bridgehead atoms. The lowest BCUT2D eigenvalue weighted by Gasteiger charge is -2.11. The molecule has 0 aromatic heterocycles. The Morgan fingerprint density at radius 1 is 0.952 bits per heavy atom. The number of hydrogen-bond donors (Lipinski definition) is 1. The van der Waals surface area contributed by atoms with Gasteiger partial charge in [-0.05, 0) is 55.8 Å². The van der Waals surface area contributed by atoms with Crippen LogP contribution in [0.25, 0.3) is 0 Å². The normalized spacial score (nSPS) is 10.4. The number of nitrogens with one attached hydrogen (secondary N) is 1. The van der Waals surface area contributed by atoms with E-state index in [0.29, 0.717) is 13.2 Å². The van der Waals surface area contributed by atoms with E-state index in [9.17, 15) is 0 Å². The zero-order valence-corrected chi connectivity index (χ0v) is 13.0. The highest BCUT2D eigenvalue weighted by atomic mass is 16.5. The van der Waals surface area contributed by atoms with Crippen LogP contribution in [0.15, 0.2) is 42.5 Å². The maximum absolute atomic E-state index is 5.78. The molecule has 0 aliphatic carbocycles.